The third-order valence-corrected chi connectivity index (χ3v) is 21.1. The topological polar surface area (TPSA) is 100 Å². The lowest BCUT2D eigenvalue weighted by Gasteiger charge is -2.47. The van der Waals surface area contributed by atoms with Gasteiger partial charge >= 0.3 is 0 Å². The van der Waals surface area contributed by atoms with Crippen LogP contribution in [0.3, 0.4) is 0 Å². The van der Waals surface area contributed by atoms with Crippen molar-refractivity contribution in [2.24, 2.45) is 23.7 Å². The lowest BCUT2D eigenvalue weighted by molar-refractivity contribution is -0.292. The number of ether oxygens (including phenoxy) is 8. The molecule has 4 unspecified atom stereocenters. The van der Waals surface area contributed by atoms with Crippen LogP contribution in [0.4, 0.5) is 0 Å². The molecule has 0 aromatic heterocycles. The minimum atomic E-state index is -1.88. The van der Waals surface area contributed by atoms with Crippen molar-refractivity contribution in [3.63, 3.8) is 0 Å². The Kier molecular flexibility index (Phi) is 11.7. The average molecular weight is 827 g/mol. The van der Waals surface area contributed by atoms with E-state index in [1.54, 1.807) is 0 Å². The third-order valence-electron chi connectivity index (χ3n) is 16.6. The Morgan fingerprint density at radius 3 is 2.26 bits per heavy atom. The molecule has 10 fully saturated rings. The Morgan fingerprint density at radius 2 is 1.47 bits per heavy atom. The second kappa shape index (κ2) is 16.0. The number of hydrogen-bond acceptors (Lipinski definition) is 10. The highest BCUT2D eigenvalue weighted by Crippen LogP contribution is 2.54. The van der Waals surface area contributed by atoms with Crippen LogP contribution in [0.25, 0.3) is 0 Å². The van der Waals surface area contributed by atoms with Crippen molar-refractivity contribution in [1.82, 2.24) is 0 Å². The van der Waals surface area contributed by atoms with Crippen LogP contribution in [0.1, 0.15) is 125 Å². The number of hydrogen-bond donors (Lipinski definition) is 0. The van der Waals surface area contributed by atoms with Crippen molar-refractivity contribution in [2.45, 2.75) is 234 Å². The molecule has 10 heterocycles. The monoisotopic (exact) mass is 827 g/mol. The van der Waals surface area contributed by atoms with Crippen molar-refractivity contribution in [2.75, 3.05) is 6.61 Å². The quantitative estimate of drug-likeness (QED) is 0.199. The maximum atomic E-state index is 14.3. The average Bonchev–Trinajstić information content (AvgIpc) is 3.82. The van der Waals surface area contributed by atoms with Crippen LogP contribution in [-0.4, -0.2) is 112 Å². The standard InChI is InChI=1S/C47H74O10Si/c1-25(24-49-58(9,10)46(6,7)8)17-37-29(5)34-21-30(48)20-32-12-14-36-41(52-32)45-44-43(54-36)42-40(55-44)23-47(56-42,57-45)16-15-33-19-27(3)35(50-33)13-11-31-18-26(2)28(4)38(51-31)22-39(34)53-37/h25-26,29,31-45H,3-4,11-24H2,1-2,5-10H3/t25-,26+,29+,31-,32+,33?,34?,35?,36-,37+,38?,39-,40+,41-,42-,43-,44+,45-,47-/m0/s1. The molecular weight excluding hydrogens is 753 g/mol. The van der Waals surface area contributed by atoms with Crippen molar-refractivity contribution >= 4 is 14.1 Å². The third kappa shape index (κ3) is 8.07. The molecule has 0 saturated carbocycles. The highest BCUT2D eigenvalue weighted by molar-refractivity contribution is 6.74. The number of carbonyl (C=O) groups excluding carboxylic acids is 1. The maximum absolute atomic E-state index is 14.3. The number of ketones is 1. The summed E-state index contributed by atoms with van der Waals surface area (Å²) in [6, 6.07) is 0. The van der Waals surface area contributed by atoms with Gasteiger partial charge in [-0.1, -0.05) is 54.7 Å². The molecule has 10 aliphatic rings. The van der Waals surface area contributed by atoms with E-state index in [0.29, 0.717) is 31.1 Å². The molecule has 0 amide bonds. The maximum Gasteiger partial charge on any atom is 0.191 e. The van der Waals surface area contributed by atoms with Gasteiger partial charge in [-0.3, -0.25) is 4.79 Å². The summed E-state index contributed by atoms with van der Waals surface area (Å²) in [5.74, 6) is 0.467. The smallest absolute Gasteiger partial charge is 0.191 e. The normalized spacial score (nSPS) is 48.8. The van der Waals surface area contributed by atoms with Crippen LogP contribution >= 0.6 is 0 Å². The molecule has 58 heavy (non-hydrogen) atoms. The fraction of sp³-hybridized carbons (Fsp3) is 0.894. The summed E-state index contributed by atoms with van der Waals surface area (Å²) in [5, 5.41) is 0.162. The fourth-order valence-corrected chi connectivity index (χ4v) is 13.1. The van der Waals surface area contributed by atoms with Gasteiger partial charge in [-0.2, -0.15) is 0 Å². The first-order chi connectivity index (χ1) is 27.5. The molecule has 11 heteroatoms. The van der Waals surface area contributed by atoms with Crippen LogP contribution in [0.2, 0.25) is 18.1 Å². The van der Waals surface area contributed by atoms with E-state index in [0.717, 1.165) is 76.4 Å². The Hall–Kier alpha value is -0.993. The number of fused-ring (bicyclic) bond motifs is 6. The summed E-state index contributed by atoms with van der Waals surface area (Å²) >= 11 is 0. The van der Waals surface area contributed by atoms with Gasteiger partial charge in [0.05, 0.1) is 54.9 Å². The van der Waals surface area contributed by atoms with Gasteiger partial charge in [0.2, 0.25) is 0 Å². The Bertz CT molecular complexity index is 1560. The van der Waals surface area contributed by atoms with Crippen LogP contribution in [0, 0.1) is 23.7 Å². The molecule has 0 N–H and O–H groups in total. The van der Waals surface area contributed by atoms with Gasteiger partial charge < -0.3 is 42.3 Å². The minimum absolute atomic E-state index is 0.0185. The molecule has 10 rings (SSSR count). The van der Waals surface area contributed by atoms with E-state index in [2.05, 4.69) is 67.8 Å². The predicted molar refractivity (Wildman–Crippen MR) is 222 cm³/mol. The zero-order valence-corrected chi connectivity index (χ0v) is 37.8. The van der Waals surface area contributed by atoms with Crippen LogP contribution in [-0.2, 0) is 47.1 Å². The Labute approximate surface area is 349 Å². The van der Waals surface area contributed by atoms with E-state index in [9.17, 15) is 4.79 Å². The van der Waals surface area contributed by atoms with Crippen LogP contribution < -0.4 is 0 Å². The summed E-state index contributed by atoms with van der Waals surface area (Å²) in [6.45, 7) is 28.2. The van der Waals surface area contributed by atoms with Gasteiger partial charge in [-0.25, -0.2) is 0 Å². The molecule has 10 nitrogen and oxygen atoms in total. The summed E-state index contributed by atoms with van der Waals surface area (Å²) in [5.41, 5.74) is 2.32. The highest BCUT2D eigenvalue weighted by atomic mass is 28.4. The molecule has 1 spiro atoms. The van der Waals surface area contributed by atoms with E-state index in [-0.39, 0.29) is 108 Å². The molecule has 0 aliphatic carbocycles. The van der Waals surface area contributed by atoms with Crippen molar-refractivity contribution in [1.29, 1.82) is 0 Å². The van der Waals surface area contributed by atoms with Gasteiger partial charge in [0.15, 0.2) is 14.1 Å². The van der Waals surface area contributed by atoms with Crippen molar-refractivity contribution in [3.05, 3.63) is 24.3 Å². The lowest BCUT2D eigenvalue weighted by atomic mass is 9.78. The first kappa shape index (κ1) is 42.3. The zero-order valence-electron chi connectivity index (χ0n) is 36.8. The second-order valence-electron chi connectivity index (χ2n) is 21.9. The molecule has 326 valence electrons. The molecule has 0 radical (unpaired) electrons. The van der Waals surface area contributed by atoms with Gasteiger partial charge in [-0.05, 0) is 104 Å². The van der Waals surface area contributed by atoms with Crippen molar-refractivity contribution in [3.8, 4) is 0 Å². The van der Waals surface area contributed by atoms with Gasteiger partial charge in [-0.15, -0.1) is 0 Å². The molecule has 10 aliphatic heterocycles. The lowest BCUT2D eigenvalue weighted by Crippen LogP contribution is -2.61. The van der Waals surface area contributed by atoms with E-state index in [1.807, 2.05) is 0 Å². The molecule has 10 saturated heterocycles. The van der Waals surface area contributed by atoms with Crippen LogP contribution in [0.15, 0.2) is 24.3 Å². The Morgan fingerprint density at radius 1 is 0.759 bits per heavy atom. The largest absolute Gasteiger partial charge is 0.417 e. The van der Waals surface area contributed by atoms with Gasteiger partial charge in [0.1, 0.15) is 36.3 Å². The molecule has 0 aromatic carbocycles. The molecular formula is C47H74O10Si. The number of Topliss-reactive ketones (excluding diaryl/α,β-unsaturated/α-hetero) is 1. The molecule has 12 bridgehead atoms. The van der Waals surface area contributed by atoms with E-state index in [4.69, 9.17) is 42.3 Å². The van der Waals surface area contributed by atoms with Crippen LogP contribution in [0.5, 0.6) is 0 Å². The van der Waals surface area contributed by atoms with Gasteiger partial charge in [0, 0.05) is 38.7 Å². The first-order valence-electron chi connectivity index (χ1n) is 23.3. The van der Waals surface area contributed by atoms with Gasteiger partial charge in [0.25, 0.3) is 0 Å². The number of rotatable bonds is 5. The summed E-state index contributed by atoms with van der Waals surface area (Å²) in [4.78, 5) is 14.3. The summed E-state index contributed by atoms with van der Waals surface area (Å²) < 4.78 is 61.6. The predicted octanol–water partition coefficient (Wildman–Crippen LogP) is 8.40. The summed E-state index contributed by atoms with van der Waals surface area (Å²) in [7, 11) is -1.88. The highest BCUT2D eigenvalue weighted by Gasteiger charge is 2.68. The molecule has 0 aromatic rings. The van der Waals surface area contributed by atoms with Crippen molar-refractivity contribution < 1.29 is 47.1 Å². The van der Waals surface area contributed by atoms with E-state index < -0.39 is 14.1 Å². The Balaban J connectivity index is 0.953. The van der Waals surface area contributed by atoms with E-state index >= 15 is 0 Å². The number of carbonyl (C=O) groups is 1. The minimum Gasteiger partial charge on any atom is -0.417 e. The molecule has 19 atom stereocenters. The second-order valence-corrected chi connectivity index (χ2v) is 26.7. The SMILES string of the molecule is C=C1CC2CC[C@@]34C[C@H]5O[C@H]6[C@@H](O3)[C@H]3O[C@H](CC[C@@H]3O[C@H]6[C@H]5O4)CC(=O)CC3[C@H](CC4O[C@@H](CCC1O2)C[C@@H](C)C4=C)O[C@H](C[C@H](C)CO[Si](C)(C)C(C)(C)C)[C@@H]3C. The fourth-order valence-electron chi connectivity index (χ4n) is 11.9. The summed E-state index contributed by atoms with van der Waals surface area (Å²) in [6.07, 6.45) is 8.52. The van der Waals surface area contributed by atoms with E-state index in [1.165, 1.54) is 5.57 Å². The zero-order chi connectivity index (χ0) is 40.9. The first-order valence-corrected chi connectivity index (χ1v) is 26.2.